The van der Waals surface area contributed by atoms with E-state index in [-0.39, 0.29) is 12.7 Å². The molecule has 1 N–H and O–H groups in total. The van der Waals surface area contributed by atoms with E-state index < -0.39 is 5.97 Å². The fourth-order valence-electron chi connectivity index (χ4n) is 0.581. The van der Waals surface area contributed by atoms with E-state index in [1.54, 1.807) is 7.11 Å². The number of carboxylic acids is 1. The average Bonchev–Trinajstić information content (AvgIpc) is 1.97. The highest BCUT2D eigenvalue weighted by molar-refractivity contribution is 5.68. The van der Waals surface area contributed by atoms with Crippen LogP contribution in [0, 0.1) is 0 Å². The first-order chi connectivity index (χ1) is 5.16. The van der Waals surface area contributed by atoms with Crippen LogP contribution in [0.4, 0.5) is 0 Å². The van der Waals surface area contributed by atoms with Crippen LogP contribution in [-0.2, 0) is 14.3 Å². The molecule has 11 heavy (non-hydrogen) atoms. The summed E-state index contributed by atoms with van der Waals surface area (Å²) < 4.78 is 9.72. The Balaban J connectivity index is 3.22. The van der Waals surface area contributed by atoms with E-state index in [4.69, 9.17) is 14.6 Å². The Morgan fingerprint density at radius 1 is 1.64 bits per heavy atom. The minimum absolute atomic E-state index is 0.0500. The van der Waals surface area contributed by atoms with Crippen molar-refractivity contribution in [3.8, 4) is 0 Å². The Hall–Kier alpha value is -0.610. The van der Waals surface area contributed by atoms with Crippen molar-refractivity contribution in [3.05, 3.63) is 0 Å². The lowest BCUT2D eigenvalue weighted by atomic mass is 10.3. The SMILES string of the molecule is COCCC(C)OCC(=O)O. The van der Waals surface area contributed by atoms with Crippen molar-refractivity contribution >= 4 is 5.97 Å². The molecule has 0 aliphatic heterocycles. The molecule has 0 fully saturated rings. The highest BCUT2D eigenvalue weighted by atomic mass is 16.5. The summed E-state index contributed by atoms with van der Waals surface area (Å²) in [4.78, 5) is 10.0. The zero-order chi connectivity index (χ0) is 8.69. The van der Waals surface area contributed by atoms with Crippen LogP contribution in [0.1, 0.15) is 13.3 Å². The molecule has 0 spiro atoms. The van der Waals surface area contributed by atoms with Gasteiger partial charge in [0.05, 0.1) is 6.10 Å². The Kier molecular flexibility index (Phi) is 5.78. The van der Waals surface area contributed by atoms with Crippen LogP contribution in [0.5, 0.6) is 0 Å². The van der Waals surface area contributed by atoms with Gasteiger partial charge >= 0.3 is 5.97 Å². The van der Waals surface area contributed by atoms with Gasteiger partial charge in [-0.05, 0) is 13.3 Å². The summed E-state index contributed by atoms with van der Waals surface area (Å²) in [5, 5.41) is 8.23. The lowest BCUT2D eigenvalue weighted by molar-refractivity contribution is -0.144. The normalized spacial score (nSPS) is 12.9. The first-order valence-corrected chi connectivity index (χ1v) is 3.49. The lowest BCUT2D eigenvalue weighted by Gasteiger charge is -2.09. The average molecular weight is 162 g/mol. The second-order valence-electron chi connectivity index (χ2n) is 2.30. The molecule has 0 aromatic carbocycles. The number of hydrogen-bond acceptors (Lipinski definition) is 3. The van der Waals surface area contributed by atoms with Gasteiger partial charge in [0.15, 0.2) is 0 Å². The molecule has 1 unspecified atom stereocenters. The van der Waals surface area contributed by atoms with Gasteiger partial charge in [0.1, 0.15) is 6.61 Å². The van der Waals surface area contributed by atoms with Gasteiger partial charge in [-0.3, -0.25) is 0 Å². The number of hydrogen-bond donors (Lipinski definition) is 1. The van der Waals surface area contributed by atoms with Crippen molar-refractivity contribution < 1.29 is 19.4 Å². The Morgan fingerprint density at radius 3 is 2.73 bits per heavy atom. The standard InChI is InChI=1S/C7H14O4/c1-6(3-4-10-2)11-5-7(8)9/h6H,3-5H2,1-2H3,(H,8,9). The molecule has 4 nitrogen and oxygen atoms in total. The van der Waals surface area contributed by atoms with Crippen molar-refractivity contribution in [1.82, 2.24) is 0 Å². The van der Waals surface area contributed by atoms with Crippen molar-refractivity contribution in [2.24, 2.45) is 0 Å². The van der Waals surface area contributed by atoms with Gasteiger partial charge in [-0.15, -0.1) is 0 Å². The monoisotopic (exact) mass is 162 g/mol. The fourth-order valence-corrected chi connectivity index (χ4v) is 0.581. The summed E-state index contributed by atoms with van der Waals surface area (Å²) in [5.41, 5.74) is 0. The summed E-state index contributed by atoms with van der Waals surface area (Å²) in [6.07, 6.45) is 0.676. The van der Waals surface area contributed by atoms with Gasteiger partial charge in [-0.1, -0.05) is 0 Å². The minimum Gasteiger partial charge on any atom is -0.480 e. The van der Waals surface area contributed by atoms with Crippen molar-refractivity contribution in [2.75, 3.05) is 20.3 Å². The first-order valence-electron chi connectivity index (χ1n) is 3.49. The summed E-state index contributed by atoms with van der Waals surface area (Å²) in [5.74, 6) is -0.936. The number of carbonyl (C=O) groups is 1. The molecule has 0 rings (SSSR count). The van der Waals surface area contributed by atoms with E-state index in [1.165, 1.54) is 0 Å². The molecule has 0 saturated carbocycles. The minimum atomic E-state index is -0.936. The lowest BCUT2D eigenvalue weighted by Crippen LogP contribution is -2.16. The summed E-state index contributed by atoms with van der Waals surface area (Å²) >= 11 is 0. The van der Waals surface area contributed by atoms with Crippen molar-refractivity contribution in [1.29, 1.82) is 0 Å². The molecule has 0 saturated heterocycles. The molecule has 0 amide bonds. The predicted molar refractivity (Wildman–Crippen MR) is 39.5 cm³/mol. The third-order valence-electron chi connectivity index (χ3n) is 1.22. The summed E-state index contributed by atoms with van der Waals surface area (Å²) in [6, 6.07) is 0. The van der Waals surface area contributed by atoms with Crippen LogP contribution in [0.15, 0.2) is 0 Å². The molecule has 0 bridgehead atoms. The predicted octanol–water partition coefficient (Wildman–Crippen LogP) is 0.513. The third kappa shape index (κ3) is 7.29. The Morgan fingerprint density at radius 2 is 2.27 bits per heavy atom. The third-order valence-corrected chi connectivity index (χ3v) is 1.22. The molecule has 1 atom stereocenters. The van der Waals surface area contributed by atoms with E-state index in [1.807, 2.05) is 6.92 Å². The molecule has 0 aromatic heterocycles. The number of methoxy groups -OCH3 is 1. The zero-order valence-corrected chi connectivity index (χ0v) is 6.87. The van der Waals surface area contributed by atoms with Crippen LogP contribution in [0.25, 0.3) is 0 Å². The van der Waals surface area contributed by atoms with Crippen LogP contribution in [0.2, 0.25) is 0 Å². The largest absolute Gasteiger partial charge is 0.480 e. The van der Waals surface area contributed by atoms with E-state index in [0.717, 1.165) is 6.42 Å². The van der Waals surface area contributed by atoms with Gasteiger partial charge in [0.25, 0.3) is 0 Å². The van der Waals surface area contributed by atoms with Gasteiger partial charge < -0.3 is 14.6 Å². The summed E-state index contributed by atoms with van der Waals surface area (Å²) in [6.45, 7) is 2.19. The molecule has 0 radical (unpaired) electrons. The number of aliphatic carboxylic acids is 1. The quantitative estimate of drug-likeness (QED) is 0.618. The van der Waals surface area contributed by atoms with E-state index in [0.29, 0.717) is 6.61 Å². The molecular weight excluding hydrogens is 148 g/mol. The molecule has 66 valence electrons. The van der Waals surface area contributed by atoms with E-state index >= 15 is 0 Å². The van der Waals surface area contributed by atoms with E-state index in [2.05, 4.69) is 0 Å². The molecule has 0 aliphatic carbocycles. The van der Waals surface area contributed by atoms with Gasteiger partial charge in [-0.25, -0.2) is 4.79 Å². The number of carboxylic acid groups (broad SMARTS) is 1. The van der Waals surface area contributed by atoms with Crippen LogP contribution >= 0.6 is 0 Å². The Labute approximate surface area is 66.1 Å². The van der Waals surface area contributed by atoms with Crippen molar-refractivity contribution in [3.63, 3.8) is 0 Å². The number of ether oxygens (including phenoxy) is 2. The smallest absolute Gasteiger partial charge is 0.329 e. The molecule has 0 aliphatic rings. The molecule has 0 aromatic rings. The highest BCUT2D eigenvalue weighted by Gasteiger charge is 2.03. The van der Waals surface area contributed by atoms with Gasteiger partial charge in [-0.2, -0.15) is 0 Å². The topological polar surface area (TPSA) is 55.8 Å². The van der Waals surface area contributed by atoms with E-state index in [9.17, 15) is 4.79 Å². The summed E-state index contributed by atoms with van der Waals surface area (Å²) in [7, 11) is 1.60. The Bertz CT molecular complexity index is 113. The van der Waals surface area contributed by atoms with Crippen LogP contribution < -0.4 is 0 Å². The first kappa shape index (κ1) is 10.4. The molecule has 0 heterocycles. The highest BCUT2D eigenvalue weighted by Crippen LogP contribution is 1.96. The van der Waals surface area contributed by atoms with Gasteiger partial charge in [0.2, 0.25) is 0 Å². The van der Waals surface area contributed by atoms with Crippen LogP contribution in [0.3, 0.4) is 0 Å². The maximum atomic E-state index is 10.0. The van der Waals surface area contributed by atoms with Crippen molar-refractivity contribution in [2.45, 2.75) is 19.4 Å². The maximum Gasteiger partial charge on any atom is 0.329 e. The second-order valence-corrected chi connectivity index (χ2v) is 2.30. The molecular formula is C7H14O4. The second kappa shape index (κ2) is 6.12. The maximum absolute atomic E-state index is 10.0. The van der Waals surface area contributed by atoms with Crippen LogP contribution in [-0.4, -0.2) is 37.5 Å². The molecule has 4 heteroatoms. The fraction of sp³-hybridized carbons (Fsp3) is 0.857. The van der Waals surface area contributed by atoms with Gasteiger partial charge in [0, 0.05) is 13.7 Å². The zero-order valence-electron chi connectivity index (χ0n) is 6.87. The number of rotatable bonds is 6.